The molecule has 5 nitrogen and oxygen atoms in total. The number of hydrogen-bond acceptors (Lipinski definition) is 4. The van der Waals surface area contributed by atoms with Crippen molar-refractivity contribution in [3.63, 3.8) is 0 Å². The molecule has 1 rings (SSSR count). The first kappa shape index (κ1) is 9.57. The Balaban J connectivity index is 2.64. The van der Waals surface area contributed by atoms with Crippen molar-refractivity contribution < 1.29 is 14.1 Å². The standard InChI is InChI=1S/C8H12N2O3/c1-4-12-8(11)9-7-5(2)6(3)13-10-7/h4H2,1-3H3,(H,9,10,11). The van der Waals surface area contributed by atoms with E-state index < -0.39 is 6.09 Å². The van der Waals surface area contributed by atoms with Crippen LogP contribution in [-0.4, -0.2) is 17.9 Å². The van der Waals surface area contributed by atoms with E-state index in [2.05, 4.69) is 15.2 Å². The van der Waals surface area contributed by atoms with Crippen molar-refractivity contribution in [3.8, 4) is 0 Å². The molecule has 1 aromatic heterocycles. The van der Waals surface area contributed by atoms with Gasteiger partial charge in [0, 0.05) is 5.56 Å². The van der Waals surface area contributed by atoms with Crippen LogP contribution in [-0.2, 0) is 4.74 Å². The molecule has 0 aliphatic heterocycles. The third kappa shape index (κ3) is 2.21. The van der Waals surface area contributed by atoms with Gasteiger partial charge in [-0.3, -0.25) is 5.32 Å². The third-order valence-electron chi connectivity index (χ3n) is 1.65. The molecule has 0 fully saturated rings. The maximum absolute atomic E-state index is 11.0. The van der Waals surface area contributed by atoms with Gasteiger partial charge in [-0.25, -0.2) is 4.79 Å². The van der Waals surface area contributed by atoms with Gasteiger partial charge in [0.25, 0.3) is 0 Å². The summed E-state index contributed by atoms with van der Waals surface area (Å²) in [6.45, 7) is 5.66. The number of aromatic nitrogens is 1. The van der Waals surface area contributed by atoms with E-state index in [1.807, 2.05) is 6.92 Å². The Morgan fingerprint density at radius 1 is 1.62 bits per heavy atom. The second-order valence-corrected chi connectivity index (χ2v) is 2.56. The smallest absolute Gasteiger partial charge is 0.412 e. The number of nitrogens with one attached hydrogen (secondary N) is 1. The van der Waals surface area contributed by atoms with Crippen LogP contribution in [0.15, 0.2) is 4.52 Å². The molecule has 0 spiro atoms. The van der Waals surface area contributed by atoms with Gasteiger partial charge >= 0.3 is 6.09 Å². The topological polar surface area (TPSA) is 64.4 Å². The van der Waals surface area contributed by atoms with E-state index in [1.165, 1.54) is 0 Å². The van der Waals surface area contributed by atoms with Crippen LogP contribution < -0.4 is 5.32 Å². The minimum atomic E-state index is -0.515. The molecule has 0 aliphatic carbocycles. The van der Waals surface area contributed by atoms with Gasteiger partial charge in [0.1, 0.15) is 5.76 Å². The number of rotatable bonds is 2. The maximum Gasteiger partial charge on any atom is 0.412 e. The van der Waals surface area contributed by atoms with Crippen molar-refractivity contribution in [3.05, 3.63) is 11.3 Å². The fourth-order valence-corrected chi connectivity index (χ4v) is 0.798. The zero-order valence-electron chi connectivity index (χ0n) is 7.88. The molecule has 0 atom stereocenters. The van der Waals surface area contributed by atoms with E-state index >= 15 is 0 Å². The van der Waals surface area contributed by atoms with E-state index in [-0.39, 0.29) is 0 Å². The number of hydrogen-bond donors (Lipinski definition) is 1. The number of anilines is 1. The van der Waals surface area contributed by atoms with Crippen LogP contribution in [0.1, 0.15) is 18.2 Å². The molecular weight excluding hydrogens is 172 g/mol. The fourth-order valence-electron chi connectivity index (χ4n) is 0.798. The van der Waals surface area contributed by atoms with Crippen molar-refractivity contribution in [1.29, 1.82) is 0 Å². The van der Waals surface area contributed by atoms with Crippen molar-refractivity contribution in [1.82, 2.24) is 5.16 Å². The van der Waals surface area contributed by atoms with E-state index in [0.29, 0.717) is 18.2 Å². The van der Waals surface area contributed by atoms with Crippen LogP contribution in [0.4, 0.5) is 10.6 Å². The predicted molar refractivity (Wildman–Crippen MR) is 46.6 cm³/mol. The first-order valence-corrected chi connectivity index (χ1v) is 4.01. The lowest BCUT2D eigenvalue weighted by molar-refractivity contribution is 0.167. The van der Waals surface area contributed by atoms with Crippen molar-refractivity contribution in [2.24, 2.45) is 0 Å². The molecule has 1 amide bonds. The van der Waals surface area contributed by atoms with Gasteiger partial charge < -0.3 is 9.26 Å². The second kappa shape index (κ2) is 3.93. The minimum Gasteiger partial charge on any atom is -0.450 e. The van der Waals surface area contributed by atoms with Gasteiger partial charge in [-0.1, -0.05) is 5.16 Å². The van der Waals surface area contributed by atoms with Crippen molar-refractivity contribution in [2.45, 2.75) is 20.8 Å². The van der Waals surface area contributed by atoms with Gasteiger partial charge in [-0.15, -0.1) is 0 Å². The highest BCUT2D eigenvalue weighted by Gasteiger charge is 2.11. The largest absolute Gasteiger partial charge is 0.450 e. The van der Waals surface area contributed by atoms with Gasteiger partial charge in [-0.05, 0) is 20.8 Å². The normalized spacial score (nSPS) is 9.77. The summed E-state index contributed by atoms with van der Waals surface area (Å²) in [5.41, 5.74) is 0.813. The molecule has 13 heavy (non-hydrogen) atoms. The predicted octanol–water partition coefficient (Wildman–Crippen LogP) is 1.86. The molecule has 1 aromatic rings. The summed E-state index contributed by atoms with van der Waals surface area (Å²) >= 11 is 0. The molecular formula is C8H12N2O3. The van der Waals surface area contributed by atoms with E-state index in [1.54, 1.807) is 13.8 Å². The first-order chi connectivity index (χ1) is 6.15. The van der Waals surface area contributed by atoms with Gasteiger partial charge in [0.2, 0.25) is 0 Å². The molecule has 0 unspecified atom stereocenters. The summed E-state index contributed by atoms with van der Waals surface area (Å²) in [5, 5.41) is 6.12. The molecule has 1 N–H and O–H groups in total. The molecule has 5 heteroatoms. The van der Waals surface area contributed by atoms with Crippen molar-refractivity contribution >= 4 is 11.9 Å². The zero-order valence-corrected chi connectivity index (χ0v) is 7.88. The zero-order chi connectivity index (χ0) is 9.84. The highest BCUT2D eigenvalue weighted by atomic mass is 16.5. The minimum absolute atomic E-state index is 0.335. The van der Waals surface area contributed by atoms with Crippen LogP contribution in [0.25, 0.3) is 0 Å². The Labute approximate surface area is 76.0 Å². The molecule has 0 radical (unpaired) electrons. The van der Waals surface area contributed by atoms with E-state index in [0.717, 1.165) is 5.56 Å². The van der Waals surface area contributed by atoms with Crippen LogP contribution in [0.3, 0.4) is 0 Å². The van der Waals surface area contributed by atoms with Crippen LogP contribution in [0.5, 0.6) is 0 Å². The number of aryl methyl sites for hydroxylation is 1. The quantitative estimate of drug-likeness (QED) is 0.761. The fraction of sp³-hybridized carbons (Fsp3) is 0.500. The highest BCUT2D eigenvalue weighted by Crippen LogP contribution is 2.16. The van der Waals surface area contributed by atoms with E-state index in [4.69, 9.17) is 4.52 Å². The lowest BCUT2D eigenvalue weighted by atomic mass is 10.3. The molecule has 72 valence electrons. The average Bonchev–Trinajstić information content (AvgIpc) is 2.37. The molecule has 1 heterocycles. The van der Waals surface area contributed by atoms with Gasteiger partial charge in [0.05, 0.1) is 6.61 Å². The maximum atomic E-state index is 11.0. The summed E-state index contributed by atoms with van der Waals surface area (Å²) in [5.74, 6) is 1.10. The van der Waals surface area contributed by atoms with Crippen LogP contribution in [0.2, 0.25) is 0 Å². The van der Waals surface area contributed by atoms with Crippen LogP contribution in [0, 0.1) is 13.8 Å². The number of carbonyl (C=O) groups is 1. The molecule has 0 bridgehead atoms. The number of ether oxygens (including phenoxy) is 1. The Kier molecular flexibility index (Phi) is 2.89. The first-order valence-electron chi connectivity index (χ1n) is 4.01. The second-order valence-electron chi connectivity index (χ2n) is 2.56. The van der Waals surface area contributed by atoms with Gasteiger partial charge in [-0.2, -0.15) is 0 Å². The van der Waals surface area contributed by atoms with E-state index in [9.17, 15) is 4.79 Å². The molecule has 0 aromatic carbocycles. The molecule has 0 saturated heterocycles. The number of amides is 1. The summed E-state index contributed by atoms with van der Waals surface area (Å²) in [4.78, 5) is 11.0. The third-order valence-corrected chi connectivity index (χ3v) is 1.65. The SMILES string of the molecule is CCOC(=O)Nc1noc(C)c1C. The monoisotopic (exact) mass is 184 g/mol. The highest BCUT2D eigenvalue weighted by molar-refractivity contribution is 5.84. The Bertz CT molecular complexity index is 306. The summed E-state index contributed by atoms with van der Waals surface area (Å²) in [6, 6.07) is 0. The summed E-state index contributed by atoms with van der Waals surface area (Å²) in [7, 11) is 0. The number of nitrogens with zero attached hydrogens (tertiary/aromatic N) is 1. The van der Waals surface area contributed by atoms with Crippen molar-refractivity contribution in [2.75, 3.05) is 11.9 Å². The molecule has 0 saturated carbocycles. The summed E-state index contributed by atoms with van der Waals surface area (Å²) < 4.78 is 9.53. The average molecular weight is 184 g/mol. The Hall–Kier alpha value is -1.52. The number of carbonyl (C=O) groups excluding carboxylic acids is 1. The lowest BCUT2D eigenvalue weighted by Gasteiger charge is -2.01. The van der Waals surface area contributed by atoms with Gasteiger partial charge in [0.15, 0.2) is 5.82 Å². The lowest BCUT2D eigenvalue weighted by Crippen LogP contribution is -2.14. The molecule has 0 aliphatic rings. The van der Waals surface area contributed by atoms with Crippen LogP contribution >= 0.6 is 0 Å². The Morgan fingerprint density at radius 2 is 2.31 bits per heavy atom. The summed E-state index contributed by atoms with van der Waals surface area (Å²) in [6.07, 6.45) is -0.515. The Morgan fingerprint density at radius 3 is 2.77 bits per heavy atom.